The molecule has 9 heteroatoms. The van der Waals surface area contributed by atoms with Gasteiger partial charge in [-0.2, -0.15) is 0 Å². The van der Waals surface area contributed by atoms with Gasteiger partial charge in [0.15, 0.2) is 6.29 Å². The molecule has 0 aromatic carbocycles. The molecule has 1 amide bonds. The van der Waals surface area contributed by atoms with Crippen molar-refractivity contribution in [1.29, 1.82) is 0 Å². The second-order valence-electron chi connectivity index (χ2n) is 5.95. The number of aliphatic hydroxyl groups excluding tert-OH is 3. The van der Waals surface area contributed by atoms with Crippen LogP contribution in [0.5, 0.6) is 0 Å². The van der Waals surface area contributed by atoms with E-state index in [-0.39, 0.29) is 19.6 Å². The van der Waals surface area contributed by atoms with Crippen LogP contribution < -0.4 is 11.1 Å². The summed E-state index contributed by atoms with van der Waals surface area (Å²) in [4.78, 5) is 11.8. The van der Waals surface area contributed by atoms with E-state index in [1.54, 1.807) is 0 Å². The topological polar surface area (TPSA) is 154 Å². The zero-order chi connectivity index (χ0) is 16.9. The number of hydrogen-bond donors (Lipinski definition) is 6. The number of amides is 1. The normalized spacial score (nSPS) is 32.8. The maximum Gasteiger partial charge on any atom is 0.223 e. The molecule has 130 valence electrons. The van der Waals surface area contributed by atoms with Crippen LogP contribution in [0.2, 0.25) is 0 Å². The Balaban J connectivity index is 2.71. The first-order valence-corrected chi connectivity index (χ1v) is 7.15. The van der Waals surface area contributed by atoms with Crippen LogP contribution in [0.4, 0.5) is 0 Å². The minimum absolute atomic E-state index is 0.113. The number of aliphatic hydroxyl groups is 4. The van der Waals surface area contributed by atoms with Gasteiger partial charge in [0.2, 0.25) is 5.91 Å². The number of hydrogen-bond acceptors (Lipinski definition) is 8. The molecule has 9 nitrogen and oxygen atoms in total. The molecule has 1 rings (SSSR count). The SMILES string of the molecule is CC(C)(O)CC(=O)N[C@H]1[C@H](O)[C@@H](O)[C@H](OCCN)O[C@@H]1CO. The maximum absolute atomic E-state index is 11.8. The zero-order valence-corrected chi connectivity index (χ0v) is 12.8. The van der Waals surface area contributed by atoms with Gasteiger partial charge >= 0.3 is 0 Å². The Bertz CT molecular complexity index is 359. The van der Waals surface area contributed by atoms with Crippen molar-refractivity contribution in [3.63, 3.8) is 0 Å². The molecule has 1 aliphatic heterocycles. The van der Waals surface area contributed by atoms with Gasteiger partial charge in [-0.05, 0) is 13.8 Å². The average molecular weight is 322 g/mol. The van der Waals surface area contributed by atoms with Crippen molar-refractivity contribution in [2.45, 2.75) is 56.5 Å². The molecule has 1 aliphatic rings. The van der Waals surface area contributed by atoms with Crippen molar-refractivity contribution < 1.29 is 34.7 Å². The fraction of sp³-hybridized carbons (Fsp3) is 0.923. The monoisotopic (exact) mass is 322 g/mol. The fourth-order valence-corrected chi connectivity index (χ4v) is 2.22. The molecule has 22 heavy (non-hydrogen) atoms. The van der Waals surface area contributed by atoms with E-state index in [0.29, 0.717) is 0 Å². The van der Waals surface area contributed by atoms with Gasteiger partial charge in [-0.3, -0.25) is 4.79 Å². The molecule has 5 atom stereocenters. The predicted octanol–water partition coefficient (Wildman–Crippen LogP) is -2.95. The first-order valence-electron chi connectivity index (χ1n) is 7.15. The third kappa shape index (κ3) is 5.43. The highest BCUT2D eigenvalue weighted by Crippen LogP contribution is 2.22. The Morgan fingerprint density at radius 1 is 1.36 bits per heavy atom. The first-order chi connectivity index (χ1) is 10.2. The summed E-state index contributed by atoms with van der Waals surface area (Å²) < 4.78 is 10.5. The van der Waals surface area contributed by atoms with Gasteiger partial charge in [0.05, 0.1) is 31.3 Å². The van der Waals surface area contributed by atoms with Crippen molar-refractivity contribution in [3.05, 3.63) is 0 Å². The summed E-state index contributed by atoms with van der Waals surface area (Å²) in [5, 5.41) is 41.5. The van der Waals surface area contributed by atoms with E-state index in [0.717, 1.165) is 0 Å². The number of ether oxygens (including phenoxy) is 2. The highest BCUT2D eigenvalue weighted by Gasteiger charge is 2.45. The molecule has 1 heterocycles. The van der Waals surface area contributed by atoms with E-state index in [4.69, 9.17) is 15.2 Å². The van der Waals surface area contributed by atoms with Gasteiger partial charge in [0.25, 0.3) is 0 Å². The van der Waals surface area contributed by atoms with Crippen LogP contribution in [-0.4, -0.2) is 82.3 Å². The molecular weight excluding hydrogens is 296 g/mol. The van der Waals surface area contributed by atoms with E-state index >= 15 is 0 Å². The second-order valence-corrected chi connectivity index (χ2v) is 5.95. The molecular formula is C13H26N2O7. The quantitative estimate of drug-likeness (QED) is 0.291. The van der Waals surface area contributed by atoms with E-state index in [9.17, 15) is 25.2 Å². The lowest BCUT2D eigenvalue weighted by molar-refractivity contribution is -0.278. The van der Waals surface area contributed by atoms with Gasteiger partial charge in [0, 0.05) is 6.54 Å². The van der Waals surface area contributed by atoms with Gasteiger partial charge in [0.1, 0.15) is 18.3 Å². The highest BCUT2D eigenvalue weighted by atomic mass is 16.7. The molecule has 7 N–H and O–H groups in total. The fourth-order valence-electron chi connectivity index (χ4n) is 2.22. The Morgan fingerprint density at radius 2 is 2.00 bits per heavy atom. The lowest BCUT2D eigenvalue weighted by Gasteiger charge is -2.42. The minimum atomic E-state index is -1.40. The van der Waals surface area contributed by atoms with Crippen molar-refractivity contribution in [3.8, 4) is 0 Å². The summed E-state index contributed by atoms with van der Waals surface area (Å²) in [5.41, 5.74) is 4.07. The number of carbonyl (C=O) groups is 1. The van der Waals surface area contributed by atoms with Crippen LogP contribution in [0.25, 0.3) is 0 Å². The zero-order valence-electron chi connectivity index (χ0n) is 12.8. The highest BCUT2D eigenvalue weighted by molar-refractivity contribution is 5.77. The molecule has 0 aromatic heterocycles. The van der Waals surface area contributed by atoms with Gasteiger partial charge < -0.3 is 41.0 Å². The number of nitrogens with two attached hydrogens (primary N) is 1. The third-order valence-electron chi connectivity index (χ3n) is 3.21. The molecule has 1 saturated heterocycles. The van der Waals surface area contributed by atoms with Crippen molar-refractivity contribution in [2.24, 2.45) is 5.73 Å². The molecule has 0 radical (unpaired) electrons. The molecule has 0 unspecified atom stereocenters. The van der Waals surface area contributed by atoms with E-state index in [1.807, 2.05) is 0 Å². The molecule has 1 fully saturated rings. The van der Waals surface area contributed by atoms with E-state index in [1.165, 1.54) is 13.8 Å². The second kappa shape index (κ2) is 8.16. The first kappa shape index (κ1) is 19.2. The summed E-state index contributed by atoms with van der Waals surface area (Å²) >= 11 is 0. The van der Waals surface area contributed by atoms with Crippen LogP contribution in [0.3, 0.4) is 0 Å². The molecule has 0 aromatic rings. The Kier molecular flexibility index (Phi) is 7.13. The predicted molar refractivity (Wildman–Crippen MR) is 75.6 cm³/mol. The van der Waals surface area contributed by atoms with Crippen molar-refractivity contribution in [1.82, 2.24) is 5.32 Å². The summed E-state index contributed by atoms with van der Waals surface area (Å²) in [5.74, 6) is -0.535. The summed E-state index contributed by atoms with van der Waals surface area (Å²) in [7, 11) is 0. The van der Waals surface area contributed by atoms with Crippen LogP contribution in [-0.2, 0) is 14.3 Å². The van der Waals surface area contributed by atoms with Crippen molar-refractivity contribution in [2.75, 3.05) is 19.8 Å². The van der Waals surface area contributed by atoms with Gasteiger partial charge in [-0.1, -0.05) is 0 Å². The van der Waals surface area contributed by atoms with Crippen LogP contribution in [0.1, 0.15) is 20.3 Å². The molecule has 0 spiro atoms. The summed E-state index contributed by atoms with van der Waals surface area (Å²) in [6, 6.07) is -1.02. The van der Waals surface area contributed by atoms with Crippen molar-refractivity contribution >= 4 is 5.91 Å². The lowest BCUT2D eigenvalue weighted by atomic mass is 9.95. The number of nitrogens with one attached hydrogen (secondary N) is 1. The van der Waals surface area contributed by atoms with Gasteiger partial charge in [-0.15, -0.1) is 0 Å². The molecule has 0 aliphatic carbocycles. The average Bonchev–Trinajstić information content (AvgIpc) is 2.41. The minimum Gasteiger partial charge on any atom is -0.394 e. The smallest absolute Gasteiger partial charge is 0.223 e. The maximum atomic E-state index is 11.8. The third-order valence-corrected chi connectivity index (χ3v) is 3.21. The standard InChI is InChI=1S/C13H26N2O7/c1-13(2,20)5-8(17)15-9-7(6-16)22-12(21-4-3-14)11(19)10(9)18/h7,9-12,16,18-20H,3-6,14H2,1-2H3,(H,15,17)/t7-,9-,10+,11-,12-/m1/s1. The Labute approximate surface area is 129 Å². The molecule has 0 bridgehead atoms. The number of rotatable bonds is 7. The van der Waals surface area contributed by atoms with E-state index in [2.05, 4.69) is 5.32 Å². The Morgan fingerprint density at radius 3 is 2.50 bits per heavy atom. The summed E-state index contributed by atoms with van der Waals surface area (Å²) in [6.45, 7) is 2.77. The van der Waals surface area contributed by atoms with E-state index < -0.39 is 48.8 Å². The van der Waals surface area contributed by atoms with Crippen LogP contribution in [0.15, 0.2) is 0 Å². The number of carbonyl (C=O) groups excluding carboxylic acids is 1. The van der Waals surface area contributed by atoms with Crippen LogP contribution in [0, 0.1) is 0 Å². The largest absolute Gasteiger partial charge is 0.394 e. The Hall–Kier alpha value is -0.810. The molecule has 0 saturated carbocycles. The van der Waals surface area contributed by atoms with Crippen LogP contribution >= 0.6 is 0 Å². The van der Waals surface area contributed by atoms with Gasteiger partial charge in [-0.25, -0.2) is 0 Å². The lowest BCUT2D eigenvalue weighted by Crippen LogP contribution is -2.65. The summed E-state index contributed by atoms with van der Waals surface area (Å²) in [6.07, 6.45) is -5.08.